The minimum absolute atomic E-state index is 0.0632. The van der Waals surface area contributed by atoms with Crippen LogP contribution in [0.4, 0.5) is 0 Å². The molecule has 0 spiro atoms. The Labute approximate surface area is 136 Å². The van der Waals surface area contributed by atoms with E-state index in [1.165, 1.54) is 0 Å². The van der Waals surface area contributed by atoms with Gasteiger partial charge in [0.1, 0.15) is 5.75 Å². The van der Waals surface area contributed by atoms with Crippen LogP contribution in [-0.4, -0.2) is 43.1 Å². The number of carbonyl (C=O) groups is 1. The maximum Gasteiger partial charge on any atom is 0.257 e. The SMILES string of the molecule is CCN(CC)C(C)CNC(=O)COc1ccc(Cl)cc1Cl. The molecule has 6 heteroatoms. The molecule has 4 nitrogen and oxygen atoms in total. The van der Waals surface area contributed by atoms with Crippen molar-refractivity contribution in [2.75, 3.05) is 26.2 Å². The zero-order valence-corrected chi connectivity index (χ0v) is 14.2. The fourth-order valence-electron chi connectivity index (χ4n) is 2.02. The summed E-state index contributed by atoms with van der Waals surface area (Å²) in [7, 11) is 0. The lowest BCUT2D eigenvalue weighted by atomic mass is 10.3. The van der Waals surface area contributed by atoms with E-state index in [2.05, 4.69) is 31.0 Å². The van der Waals surface area contributed by atoms with E-state index < -0.39 is 0 Å². The Hall–Kier alpha value is -0.970. The Morgan fingerprint density at radius 2 is 2.00 bits per heavy atom. The molecule has 0 fully saturated rings. The molecule has 1 aromatic rings. The number of likely N-dealkylation sites (N-methyl/N-ethyl adjacent to an activating group) is 1. The molecule has 1 N–H and O–H groups in total. The lowest BCUT2D eigenvalue weighted by molar-refractivity contribution is -0.123. The molecular formula is C15H22Cl2N2O2. The van der Waals surface area contributed by atoms with Crippen molar-refractivity contribution in [2.24, 2.45) is 0 Å². The Kier molecular flexibility index (Phi) is 7.86. The van der Waals surface area contributed by atoms with Crippen molar-refractivity contribution in [2.45, 2.75) is 26.8 Å². The van der Waals surface area contributed by atoms with Gasteiger partial charge in [0.25, 0.3) is 5.91 Å². The molecule has 0 aromatic heterocycles. The van der Waals surface area contributed by atoms with Gasteiger partial charge in [0, 0.05) is 17.6 Å². The van der Waals surface area contributed by atoms with Gasteiger partial charge in [0.05, 0.1) is 5.02 Å². The highest BCUT2D eigenvalue weighted by molar-refractivity contribution is 6.35. The summed E-state index contributed by atoms with van der Waals surface area (Å²) in [6.45, 7) is 8.75. The fraction of sp³-hybridized carbons (Fsp3) is 0.533. The van der Waals surface area contributed by atoms with Gasteiger partial charge in [-0.1, -0.05) is 37.0 Å². The molecule has 118 valence electrons. The van der Waals surface area contributed by atoms with E-state index in [0.29, 0.717) is 28.4 Å². The third-order valence-electron chi connectivity index (χ3n) is 3.28. The molecule has 0 aliphatic rings. The number of benzene rings is 1. The fourth-order valence-corrected chi connectivity index (χ4v) is 2.49. The van der Waals surface area contributed by atoms with Crippen LogP contribution in [0.5, 0.6) is 5.75 Å². The zero-order chi connectivity index (χ0) is 15.8. The van der Waals surface area contributed by atoms with Crippen molar-refractivity contribution in [3.8, 4) is 5.75 Å². The van der Waals surface area contributed by atoms with E-state index >= 15 is 0 Å². The van der Waals surface area contributed by atoms with E-state index in [9.17, 15) is 4.79 Å². The van der Waals surface area contributed by atoms with Crippen LogP contribution in [0.1, 0.15) is 20.8 Å². The van der Waals surface area contributed by atoms with Gasteiger partial charge < -0.3 is 10.1 Å². The first-order valence-electron chi connectivity index (χ1n) is 7.06. The van der Waals surface area contributed by atoms with Crippen LogP contribution in [0.2, 0.25) is 10.0 Å². The lowest BCUT2D eigenvalue weighted by Crippen LogP contribution is -2.43. The number of halogens is 2. The van der Waals surface area contributed by atoms with Crippen molar-refractivity contribution in [1.29, 1.82) is 0 Å². The number of nitrogens with one attached hydrogen (secondary N) is 1. The third-order valence-corrected chi connectivity index (χ3v) is 3.81. The standard InChI is InChI=1S/C15H22Cl2N2O2/c1-4-19(5-2)11(3)9-18-15(20)10-21-14-7-6-12(16)8-13(14)17/h6-8,11H,4-5,9-10H2,1-3H3,(H,18,20). The van der Waals surface area contributed by atoms with Crippen LogP contribution in [0.25, 0.3) is 0 Å². The Morgan fingerprint density at radius 1 is 1.33 bits per heavy atom. The maximum atomic E-state index is 11.8. The smallest absolute Gasteiger partial charge is 0.257 e. The number of ether oxygens (including phenoxy) is 1. The normalized spacial score (nSPS) is 12.3. The van der Waals surface area contributed by atoms with Gasteiger partial charge in [-0.3, -0.25) is 9.69 Å². The van der Waals surface area contributed by atoms with Gasteiger partial charge in [-0.15, -0.1) is 0 Å². The number of hydrogen-bond donors (Lipinski definition) is 1. The van der Waals surface area contributed by atoms with Gasteiger partial charge >= 0.3 is 0 Å². The second kappa shape index (κ2) is 9.13. The van der Waals surface area contributed by atoms with Crippen molar-refractivity contribution < 1.29 is 9.53 Å². The molecule has 1 unspecified atom stereocenters. The summed E-state index contributed by atoms with van der Waals surface area (Å²) < 4.78 is 5.38. The molecule has 1 amide bonds. The predicted octanol–water partition coefficient (Wildman–Crippen LogP) is 3.22. The van der Waals surface area contributed by atoms with Gasteiger partial charge in [-0.2, -0.15) is 0 Å². The van der Waals surface area contributed by atoms with Crippen LogP contribution in [-0.2, 0) is 4.79 Å². The first-order chi connectivity index (χ1) is 9.97. The summed E-state index contributed by atoms with van der Waals surface area (Å²) in [6, 6.07) is 5.20. The number of nitrogens with zero attached hydrogens (tertiary/aromatic N) is 1. The maximum absolute atomic E-state index is 11.8. The van der Waals surface area contributed by atoms with E-state index in [4.69, 9.17) is 27.9 Å². The minimum atomic E-state index is -0.167. The molecule has 1 atom stereocenters. The summed E-state index contributed by atoms with van der Waals surface area (Å²) in [6.07, 6.45) is 0. The molecule has 0 bridgehead atoms. The summed E-state index contributed by atoms with van der Waals surface area (Å²) >= 11 is 11.8. The molecule has 0 radical (unpaired) electrons. The predicted molar refractivity (Wildman–Crippen MR) is 87.3 cm³/mol. The monoisotopic (exact) mass is 332 g/mol. The average molecular weight is 333 g/mol. The summed E-state index contributed by atoms with van der Waals surface area (Å²) in [5.41, 5.74) is 0. The molecule has 0 aliphatic carbocycles. The number of hydrogen-bond acceptors (Lipinski definition) is 3. The van der Waals surface area contributed by atoms with Crippen molar-refractivity contribution in [3.05, 3.63) is 28.2 Å². The third kappa shape index (κ3) is 6.12. The number of rotatable bonds is 8. The number of amides is 1. The molecule has 0 aliphatic heterocycles. The molecule has 1 aromatic carbocycles. The van der Waals surface area contributed by atoms with Crippen LogP contribution < -0.4 is 10.1 Å². The van der Waals surface area contributed by atoms with Crippen molar-refractivity contribution in [3.63, 3.8) is 0 Å². The largest absolute Gasteiger partial charge is 0.482 e. The average Bonchev–Trinajstić information content (AvgIpc) is 2.45. The highest BCUT2D eigenvalue weighted by atomic mass is 35.5. The summed E-state index contributed by atoms with van der Waals surface area (Å²) in [4.78, 5) is 14.0. The van der Waals surface area contributed by atoms with Crippen LogP contribution in [0.3, 0.4) is 0 Å². The highest BCUT2D eigenvalue weighted by Crippen LogP contribution is 2.27. The second-order valence-electron chi connectivity index (χ2n) is 4.74. The van der Waals surface area contributed by atoms with Gasteiger partial charge in [0.2, 0.25) is 0 Å². The quantitative estimate of drug-likeness (QED) is 0.794. The Bertz CT molecular complexity index is 465. The van der Waals surface area contributed by atoms with Gasteiger partial charge in [0.15, 0.2) is 6.61 Å². The van der Waals surface area contributed by atoms with Crippen LogP contribution >= 0.6 is 23.2 Å². The number of carbonyl (C=O) groups excluding carboxylic acids is 1. The molecular weight excluding hydrogens is 311 g/mol. The van der Waals surface area contributed by atoms with Gasteiger partial charge in [-0.25, -0.2) is 0 Å². The second-order valence-corrected chi connectivity index (χ2v) is 5.58. The van der Waals surface area contributed by atoms with Crippen molar-refractivity contribution >= 4 is 29.1 Å². The lowest BCUT2D eigenvalue weighted by Gasteiger charge is -2.26. The summed E-state index contributed by atoms with van der Waals surface area (Å²) in [5.74, 6) is 0.285. The Balaban J connectivity index is 2.37. The van der Waals surface area contributed by atoms with E-state index in [-0.39, 0.29) is 12.5 Å². The topological polar surface area (TPSA) is 41.6 Å². The first kappa shape index (κ1) is 18.1. The van der Waals surface area contributed by atoms with E-state index in [1.807, 2.05) is 0 Å². The van der Waals surface area contributed by atoms with Crippen molar-refractivity contribution in [1.82, 2.24) is 10.2 Å². The molecule has 0 heterocycles. The summed E-state index contributed by atoms with van der Waals surface area (Å²) in [5, 5.41) is 3.79. The minimum Gasteiger partial charge on any atom is -0.482 e. The van der Waals surface area contributed by atoms with Crippen LogP contribution in [0, 0.1) is 0 Å². The Morgan fingerprint density at radius 3 is 2.57 bits per heavy atom. The van der Waals surface area contributed by atoms with E-state index in [0.717, 1.165) is 13.1 Å². The molecule has 1 rings (SSSR count). The molecule has 0 saturated carbocycles. The van der Waals surface area contributed by atoms with Gasteiger partial charge in [-0.05, 0) is 38.2 Å². The molecule has 21 heavy (non-hydrogen) atoms. The zero-order valence-electron chi connectivity index (χ0n) is 12.7. The molecule has 0 saturated heterocycles. The first-order valence-corrected chi connectivity index (χ1v) is 7.82. The highest BCUT2D eigenvalue weighted by Gasteiger charge is 2.12. The van der Waals surface area contributed by atoms with E-state index in [1.54, 1.807) is 18.2 Å². The van der Waals surface area contributed by atoms with Crippen LogP contribution in [0.15, 0.2) is 18.2 Å².